The first-order chi connectivity index (χ1) is 12.4. The van der Waals surface area contributed by atoms with Crippen LogP contribution in [0.2, 0.25) is 0 Å². The van der Waals surface area contributed by atoms with Crippen molar-refractivity contribution in [3.05, 3.63) is 52.6 Å². The van der Waals surface area contributed by atoms with Crippen molar-refractivity contribution in [1.29, 1.82) is 0 Å². The summed E-state index contributed by atoms with van der Waals surface area (Å²) in [5.41, 5.74) is -0.459. The molecule has 1 aliphatic rings. The predicted octanol–water partition coefficient (Wildman–Crippen LogP) is 2.19. The lowest BCUT2D eigenvalue weighted by molar-refractivity contribution is 0.134. The van der Waals surface area contributed by atoms with Gasteiger partial charge in [-0.25, -0.2) is 13.2 Å². The van der Waals surface area contributed by atoms with Crippen LogP contribution in [0.4, 0.5) is 0 Å². The zero-order valence-corrected chi connectivity index (χ0v) is 15.5. The van der Waals surface area contributed by atoms with Crippen molar-refractivity contribution in [2.75, 3.05) is 20.2 Å². The first-order valence-corrected chi connectivity index (χ1v) is 9.75. The summed E-state index contributed by atoms with van der Waals surface area (Å²) in [4.78, 5) is 11.6. The van der Waals surface area contributed by atoms with Gasteiger partial charge in [-0.3, -0.25) is 0 Å². The maximum atomic E-state index is 12.7. The third kappa shape index (κ3) is 4.08. The molecule has 1 fully saturated rings. The van der Waals surface area contributed by atoms with Gasteiger partial charge in [0, 0.05) is 19.2 Å². The first kappa shape index (κ1) is 18.5. The van der Waals surface area contributed by atoms with Gasteiger partial charge in [0.1, 0.15) is 23.4 Å². The van der Waals surface area contributed by atoms with E-state index < -0.39 is 15.6 Å². The molecule has 2 heterocycles. The Morgan fingerprint density at radius 1 is 1.08 bits per heavy atom. The minimum absolute atomic E-state index is 0.140. The topological polar surface area (TPSA) is 86.1 Å². The van der Waals surface area contributed by atoms with E-state index in [2.05, 4.69) is 0 Å². The van der Waals surface area contributed by atoms with E-state index in [4.69, 9.17) is 13.9 Å². The number of nitrogens with zero attached hydrogens (tertiary/aromatic N) is 1. The molecular weight excluding hydrogens is 358 g/mol. The normalized spacial score (nSPS) is 16.4. The molecule has 1 saturated heterocycles. The molecule has 1 aromatic carbocycles. The highest BCUT2D eigenvalue weighted by Crippen LogP contribution is 2.24. The number of hydrogen-bond donors (Lipinski definition) is 0. The highest BCUT2D eigenvalue weighted by Gasteiger charge is 2.30. The quantitative estimate of drug-likeness (QED) is 0.792. The summed E-state index contributed by atoms with van der Waals surface area (Å²) in [6.45, 7) is 2.40. The SMILES string of the molecule is COc1ccc(S(=O)(=O)N2CCC(Oc3cc(C)oc(=O)c3)CC2)cc1. The lowest BCUT2D eigenvalue weighted by atomic mass is 10.1. The fraction of sp³-hybridized carbons (Fsp3) is 0.389. The molecule has 0 atom stereocenters. The van der Waals surface area contributed by atoms with E-state index in [1.165, 1.54) is 17.5 Å². The molecule has 26 heavy (non-hydrogen) atoms. The lowest BCUT2D eigenvalue weighted by Gasteiger charge is -2.31. The smallest absolute Gasteiger partial charge is 0.339 e. The first-order valence-electron chi connectivity index (χ1n) is 8.31. The maximum Gasteiger partial charge on any atom is 0.339 e. The molecule has 0 saturated carbocycles. The predicted molar refractivity (Wildman–Crippen MR) is 95.1 cm³/mol. The van der Waals surface area contributed by atoms with Crippen LogP contribution < -0.4 is 15.1 Å². The van der Waals surface area contributed by atoms with Crippen LogP contribution in [-0.4, -0.2) is 39.0 Å². The second-order valence-electron chi connectivity index (χ2n) is 6.12. The Morgan fingerprint density at radius 2 is 1.73 bits per heavy atom. The number of piperidine rings is 1. The average molecular weight is 379 g/mol. The molecule has 0 radical (unpaired) electrons. The highest BCUT2D eigenvalue weighted by atomic mass is 32.2. The molecule has 140 valence electrons. The lowest BCUT2D eigenvalue weighted by Crippen LogP contribution is -2.41. The van der Waals surface area contributed by atoms with Gasteiger partial charge in [0.05, 0.1) is 18.1 Å². The third-order valence-electron chi connectivity index (χ3n) is 4.27. The van der Waals surface area contributed by atoms with E-state index in [1.54, 1.807) is 37.3 Å². The van der Waals surface area contributed by atoms with Gasteiger partial charge in [0.15, 0.2) is 0 Å². The molecule has 1 aromatic heterocycles. The summed E-state index contributed by atoms with van der Waals surface area (Å²) in [7, 11) is -2.01. The van der Waals surface area contributed by atoms with Crippen molar-refractivity contribution in [3.63, 3.8) is 0 Å². The minimum atomic E-state index is -3.54. The van der Waals surface area contributed by atoms with Gasteiger partial charge in [-0.05, 0) is 44.0 Å². The van der Waals surface area contributed by atoms with Gasteiger partial charge in [-0.15, -0.1) is 0 Å². The van der Waals surface area contributed by atoms with E-state index >= 15 is 0 Å². The summed E-state index contributed by atoms with van der Waals surface area (Å²) in [5.74, 6) is 1.54. The van der Waals surface area contributed by atoms with Crippen LogP contribution in [0.1, 0.15) is 18.6 Å². The Hall–Kier alpha value is -2.32. The van der Waals surface area contributed by atoms with Crippen LogP contribution in [0, 0.1) is 6.92 Å². The zero-order chi connectivity index (χ0) is 18.7. The summed E-state index contributed by atoms with van der Waals surface area (Å²) in [5, 5.41) is 0. The van der Waals surface area contributed by atoms with Crippen molar-refractivity contribution in [2.24, 2.45) is 0 Å². The van der Waals surface area contributed by atoms with Crippen molar-refractivity contribution in [2.45, 2.75) is 30.8 Å². The number of methoxy groups -OCH3 is 1. The van der Waals surface area contributed by atoms with Gasteiger partial charge in [-0.1, -0.05) is 0 Å². The second-order valence-corrected chi connectivity index (χ2v) is 8.06. The largest absolute Gasteiger partial charge is 0.497 e. The van der Waals surface area contributed by atoms with E-state index in [0.717, 1.165) is 0 Å². The fourth-order valence-corrected chi connectivity index (χ4v) is 4.39. The molecule has 0 spiro atoms. The van der Waals surface area contributed by atoms with Gasteiger partial charge in [0.25, 0.3) is 0 Å². The van der Waals surface area contributed by atoms with Crippen LogP contribution in [0.3, 0.4) is 0 Å². The molecule has 2 aromatic rings. The molecular formula is C18H21NO6S. The average Bonchev–Trinajstić information content (AvgIpc) is 2.61. The monoisotopic (exact) mass is 379 g/mol. The van der Waals surface area contributed by atoms with Crippen LogP contribution in [-0.2, 0) is 10.0 Å². The number of sulfonamides is 1. The Balaban J connectivity index is 1.64. The summed E-state index contributed by atoms with van der Waals surface area (Å²) < 4.78 is 42.7. The highest BCUT2D eigenvalue weighted by molar-refractivity contribution is 7.89. The Labute approximate surface area is 152 Å². The zero-order valence-electron chi connectivity index (χ0n) is 14.7. The van der Waals surface area contributed by atoms with Gasteiger partial charge < -0.3 is 13.9 Å². The van der Waals surface area contributed by atoms with Crippen molar-refractivity contribution < 1.29 is 22.3 Å². The van der Waals surface area contributed by atoms with Crippen molar-refractivity contribution in [1.82, 2.24) is 4.31 Å². The maximum absolute atomic E-state index is 12.7. The van der Waals surface area contributed by atoms with Crippen molar-refractivity contribution in [3.8, 4) is 11.5 Å². The van der Waals surface area contributed by atoms with Crippen LogP contribution in [0.25, 0.3) is 0 Å². The van der Waals surface area contributed by atoms with E-state index in [9.17, 15) is 13.2 Å². The number of rotatable bonds is 5. The number of aryl methyl sites for hydroxylation is 1. The Bertz CT molecular complexity index is 911. The van der Waals surface area contributed by atoms with Gasteiger partial charge in [0.2, 0.25) is 10.0 Å². The molecule has 3 rings (SSSR count). The molecule has 8 heteroatoms. The molecule has 0 unspecified atom stereocenters. The standard InChI is InChI=1S/C18H21NO6S/c1-13-11-16(12-18(20)24-13)25-15-7-9-19(10-8-15)26(21,22)17-5-3-14(23-2)4-6-17/h3-6,11-12,15H,7-10H2,1-2H3. The van der Waals surface area contributed by atoms with E-state index in [1.807, 2.05) is 0 Å². The second kappa shape index (κ2) is 7.51. The molecule has 7 nitrogen and oxygen atoms in total. The summed E-state index contributed by atoms with van der Waals surface area (Å²) in [6.07, 6.45) is 0.960. The molecule has 0 bridgehead atoms. The molecule has 0 aliphatic carbocycles. The van der Waals surface area contributed by atoms with E-state index in [0.29, 0.717) is 43.2 Å². The van der Waals surface area contributed by atoms with Crippen LogP contribution in [0.5, 0.6) is 11.5 Å². The fourth-order valence-electron chi connectivity index (χ4n) is 2.92. The van der Waals surface area contributed by atoms with Gasteiger partial charge in [-0.2, -0.15) is 4.31 Å². The van der Waals surface area contributed by atoms with E-state index in [-0.39, 0.29) is 11.0 Å². The minimum Gasteiger partial charge on any atom is -0.497 e. The van der Waals surface area contributed by atoms with Crippen molar-refractivity contribution >= 4 is 10.0 Å². The number of ether oxygens (including phenoxy) is 2. The van der Waals surface area contributed by atoms with Crippen LogP contribution >= 0.6 is 0 Å². The summed E-state index contributed by atoms with van der Waals surface area (Å²) in [6, 6.07) is 9.30. The number of benzene rings is 1. The van der Waals surface area contributed by atoms with Gasteiger partial charge >= 0.3 is 5.63 Å². The Kier molecular flexibility index (Phi) is 5.33. The molecule has 0 N–H and O–H groups in total. The van der Waals surface area contributed by atoms with Crippen LogP contribution in [0.15, 0.2) is 50.5 Å². The summed E-state index contributed by atoms with van der Waals surface area (Å²) >= 11 is 0. The molecule has 0 amide bonds. The Morgan fingerprint density at radius 3 is 2.31 bits per heavy atom. The third-order valence-corrected chi connectivity index (χ3v) is 6.18. The number of hydrogen-bond acceptors (Lipinski definition) is 6. The molecule has 1 aliphatic heterocycles.